The molecule has 376 valence electrons. The van der Waals surface area contributed by atoms with Gasteiger partial charge in [0.1, 0.15) is 53.8 Å². The molecule has 2 unspecified atom stereocenters. The number of phosphoric acid groups is 1. The Kier molecular flexibility index (Phi) is 15.5. The van der Waals surface area contributed by atoms with Gasteiger partial charge in [0.15, 0.2) is 0 Å². The van der Waals surface area contributed by atoms with Gasteiger partial charge in [0.05, 0.1) is 37.9 Å². The molecule has 71 heavy (non-hydrogen) atoms. The lowest BCUT2D eigenvalue weighted by molar-refractivity contribution is -0.168. The van der Waals surface area contributed by atoms with E-state index in [1.165, 1.54) is 71.6 Å². The van der Waals surface area contributed by atoms with E-state index in [4.69, 9.17) is 33.5 Å². The number of piperazine rings is 1. The summed E-state index contributed by atoms with van der Waals surface area (Å²) in [4.78, 5) is 65.2. The first-order chi connectivity index (χ1) is 34.0. The first-order valence-corrected chi connectivity index (χ1v) is 24.4. The van der Waals surface area contributed by atoms with E-state index in [9.17, 15) is 23.3 Å². The normalized spacial score (nSPS) is 18.4. The molecule has 2 aromatic heterocycles. The number of halogens is 2. The van der Waals surface area contributed by atoms with Crippen molar-refractivity contribution in [2.24, 2.45) is 5.92 Å². The fourth-order valence-electron chi connectivity index (χ4n) is 8.84. The molecule has 6 aromatic rings. The van der Waals surface area contributed by atoms with Crippen molar-refractivity contribution in [3.8, 4) is 17.2 Å². The third kappa shape index (κ3) is 12.6. The number of nitrogens with zero attached hydrogens (tertiary/aromatic N) is 8. The van der Waals surface area contributed by atoms with Crippen molar-refractivity contribution in [1.29, 1.82) is 0 Å². The van der Waals surface area contributed by atoms with Crippen LogP contribution in [0.15, 0.2) is 115 Å². The molecule has 2 N–H and O–H groups in total. The zero-order chi connectivity index (χ0) is 50.3. The predicted molar refractivity (Wildman–Crippen MR) is 251 cm³/mol. The number of hydrogen-bond donors (Lipinski definition) is 2. The van der Waals surface area contributed by atoms with Crippen molar-refractivity contribution in [1.82, 2.24) is 29.1 Å². The number of ether oxygens (including phenoxy) is 5. The summed E-state index contributed by atoms with van der Waals surface area (Å²) in [7, 11) is -4.73. The molecule has 23 heteroatoms. The Hall–Kier alpha value is -7.13. The van der Waals surface area contributed by atoms with Gasteiger partial charge in [0.2, 0.25) is 6.29 Å². The molecule has 4 heterocycles. The highest BCUT2D eigenvalue weighted by Crippen LogP contribution is 2.42. The van der Waals surface area contributed by atoms with Crippen molar-refractivity contribution in [2.75, 3.05) is 49.2 Å². The molecule has 0 radical (unpaired) electrons. The number of rotatable bonds is 19. The highest BCUT2D eigenvalue weighted by atomic mass is 31.2. The second-order valence-electron chi connectivity index (χ2n) is 17.2. The first kappa shape index (κ1) is 50.3. The lowest BCUT2D eigenvalue weighted by Gasteiger charge is -2.37. The summed E-state index contributed by atoms with van der Waals surface area (Å²) in [6.07, 6.45) is 1.65. The Morgan fingerprint density at radius 2 is 1.49 bits per heavy atom. The minimum Gasteiger partial charge on any atom is -0.493 e. The molecule has 0 saturated carbocycles. The Balaban J connectivity index is 0.784. The Morgan fingerprint density at radius 1 is 0.845 bits per heavy atom. The Morgan fingerprint density at radius 3 is 2.11 bits per heavy atom. The van der Waals surface area contributed by atoms with Crippen LogP contribution in [0.4, 0.5) is 25.0 Å². The number of aromatic nitrogens is 6. The van der Waals surface area contributed by atoms with Gasteiger partial charge >= 0.3 is 25.6 Å². The van der Waals surface area contributed by atoms with Crippen molar-refractivity contribution in [3.05, 3.63) is 143 Å². The standard InChI is InChI=1S/C48H53F2N8O12P/c1-4-44(32(2)67-47(61)69-33(3)68-45(59)23-34-5-14-41(15-6-34)70-71(62,63)64)58-46(60)57(31-53-58)39-10-8-37(9-11-39)54-19-21-55(22-20-54)38-12-16-40(17-13-38)65-26-35-25-48(66-27-35,28-56-30-51-29-52-56)42-18-7-36(49)24-43(42)50/h5-18,24,29-33,35,44H,4,19-23,25-28H2,1-3H3,(H2,62,63,64)/t32?,33?,35-,44+,48+/m1/s1. The maximum Gasteiger partial charge on any atom is 0.524 e. The maximum absolute atomic E-state index is 15.1. The average Bonchev–Trinajstić information content (AvgIpc) is 4.10. The van der Waals surface area contributed by atoms with Crippen LogP contribution < -0.4 is 24.8 Å². The molecule has 0 bridgehead atoms. The lowest BCUT2D eigenvalue weighted by Crippen LogP contribution is -2.46. The molecule has 2 fully saturated rings. The zero-order valence-electron chi connectivity index (χ0n) is 39.0. The van der Waals surface area contributed by atoms with Gasteiger partial charge in [-0.05, 0) is 92.1 Å². The van der Waals surface area contributed by atoms with Crippen LogP contribution in [0, 0.1) is 17.6 Å². The van der Waals surface area contributed by atoms with Gasteiger partial charge in [0.25, 0.3) is 0 Å². The molecular formula is C48H53F2N8O12P. The molecule has 2 aliphatic rings. The smallest absolute Gasteiger partial charge is 0.493 e. The van der Waals surface area contributed by atoms with Gasteiger partial charge in [-0.15, -0.1) is 0 Å². The van der Waals surface area contributed by atoms with E-state index in [0.717, 1.165) is 43.6 Å². The summed E-state index contributed by atoms with van der Waals surface area (Å²) < 4.78 is 76.8. The second-order valence-corrected chi connectivity index (χ2v) is 18.4. The van der Waals surface area contributed by atoms with Crippen LogP contribution in [-0.4, -0.2) is 103 Å². The molecule has 0 aliphatic carbocycles. The molecule has 5 atom stereocenters. The molecule has 2 aliphatic heterocycles. The van der Waals surface area contributed by atoms with E-state index in [0.29, 0.717) is 43.1 Å². The van der Waals surface area contributed by atoms with Gasteiger partial charge in [-0.2, -0.15) is 10.2 Å². The zero-order valence-corrected chi connectivity index (χ0v) is 39.9. The number of phosphoric ester groups is 1. The number of esters is 1. The van der Waals surface area contributed by atoms with E-state index in [1.54, 1.807) is 11.6 Å². The van der Waals surface area contributed by atoms with E-state index in [-0.39, 0.29) is 30.2 Å². The van der Waals surface area contributed by atoms with Crippen molar-refractivity contribution in [2.45, 2.75) is 70.6 Å². The summed E-state index contributed by atoms with van der Waals surface area (Å²) in [5.41, 5.74) is 1.89. The van der Waals surface area contributed by atoms with E-state index < -0.39 is 61.3 Å². The lowest BCUT2D eigenvalue weighted by atomic mass is 9.87. The molecule has 2 saturated heterocycles. The van der Waals surface area contributed by atoms with Gasteiger partial charge < -0.3 is 38.0 Å². The van der Waals surface area contributed by atoms with Crippen molar-refractivity contribution >= 4 is 31.3 Å². The third-order valence-corrected chi connectivity index (χ3v) is 12.7. The van der Waals surface area contributed by atoms with Gasteiger partial charge in [-0.25, -0.2) is 41.8 Å². The Labute approximate surface area is 406 Å². The fraction of sp³-hybridized carbons (Fsp3) is 0.375. The topological polar surface area (TPSA) is 224 Å². The minimum absolute atomic E-state index is 0.0534. The number of hydrogen-bond acceptors (Lipinski definition) is 15. The van der Waals surface area contributed by atoms with Crippen LogP contribution in [0.5, 0.6) is 11.5 Å². The number of benzene rings is 4. The van der Waals surface area contributed by atoms with E-state index in [2.05, 4.69) is 29.5 Å². The summed E-state index contributed by atoms with van der Waals surface area (Å²) >= 11 is 0. The average molecular weight is 1000 g/mol. The van der Waals surface area contributed by atoms with Crippen LogP contribution >= 0.6 is 7.82 Å². The molecule has 0 spiro atoms. The number of carbonyl (C=O) groups is 2. The minimum atomic E-state index is -4.73. The van der Waals surface area contributed by atoms with Gasteiger partial charge in [-0.3, -0.25) is 14.6 Å². The summed E-state index contributed by atoms with van der Waals surface area (Å²) in [5, 5.41) is 8.52. The van der Waals surface area contributed by atoms with Gasteiger partial charge in [0, 0.05) is 62.0 Å². The molecule has 4 aromatic carbocycles. The summed E-state index contributed by atoms with van der Waals surface area (Å²) in [5.74, 6) is -1.51. The predicted octanol–water partition coefficient (Wildman–Crippen LogP) is 6.34. The quantitative estimate of drug-likeness (QED) is 0.0513. The van der Waals surface area contributed by atoms with Crippen LogP contribution in [0.25, 0.3) is 5.69 Å². The molecule has 8 rings (SSSR count). The van der Waals surface area contributed by atoms with Crippen LogP contribution in [-0.2, 0) is 46.9 Å². The van der Waals surface area contributed by atoms with Crippen LogP contribution in [0.2, 0.25) is 0 Å². The number of carbonyl (C=O) groups excluding carboxylic acids is 2. The third-order valence-electron chi connectivity index (χ3n) is 12.3. The van der Waals surface area contributed by atoms with E-state index >= 15 is 4.39 Å². The number of anilines is 2. The van der Waals surface area contributed by atoms with Crippen molar-refractivity contribution in [3.63, 3.8) is 0 Å². The second kappa shape index (κ2) is 21.9. The van der Waals surface area contributed by atoms with Gasteiger partial charge in [-0.1, -0.05) is 25.1 Å². The van der Waals surface area contributed by atoms with E-state index in [1.807, 2.05) is 55.5 Å². The highest BCUT2D eigenvalue weighted by Gasteiger charge is 2.45. The molecule has 20 nitrogen and oxygen atoms in total. The summed E-state index contributed by atoms with van der Waals surface area (Å²) in [6, 6.07) is 23.8. The molecular weight excluding hydrogens is 950 g/mol. The maximum atomic E-state index is 15.1. The Bertz CT molecular complexity index is 2860. The summed E-state index contributed by atoms with van der Waals surface area (Å²) in [6.45, 7) is 8.72. The van der Waals surface area contributed by atoms with Crippen molar-refractivity contribution < 1.29 is 60.9 Å². The largest absolute Gasteiger partial charge is 0.524 e. The van der Waals surface area contributed by atoms with Crippen LogP contribution in [0.3, 0.4) is 0 Å². The first-order valence-electron chi connectivity index (χ1n) is 22.9. The SMILES string of the molecule is CC[C@@H](C(C)OC(=O)OC(C)OC(=O)Cc1ccc(OP(=O)(O)O)cc1)n1ncn(-c2ccc(N3CCN(c4ccc(OC[C@@H]5CO[C@@](Cn6cncn6)(c6ccc(F)cc6F)C5)cc4)CC3)cc2)c1=O. The molecule has 0 amide bonds. The fourth-order valence-corrected chi connectivity index (χ4v) is 9.24. The monoisotopic (exact) mass is 1000 g/mol. The highest BCUT2D eigenvalue weighted by molar-refractivity contribution is 7.46. The van der Waals surface area contributed by atoms with Crippen LogP contribution in [0.1, 0.15) is 50.8 Å².